The molecule has 0 fully saturated rings. The molecule has 168 valence electrons. The topological polar surface area (TPSA) is 76.3 Å². The van der Waals surface area contributed by atoms with Crippen molar-refractivity contribution in [2.75, 3.05) is 31.5 Å². The molecule has 0 unspecified atom stereocenters. The minimum absolute atomic E-state index is 0.215. The molecular formula is C24H35N5O2. The standard InChI is InChI=1S/C24H35N5O2/c1-6-10-18-17-14-30-24(4,5)13-16(17)19-20-21(31-23(19)28-18)22(27-15-26-20)25-11-9-12-29(7-2)8-3/h15H,6-14H2,1-5H3,(H,25,26,27). The molecule has 3 aromatic rings. The maximum Gasteiger partial charge on any atom is 0.229 e. The highest BCUT2D eigenvalue weighted by Gasteiger charge is 2.32. The van der Waals surface area contributed by atoms with E-state index in [0.717, 1.165) is 74.3 Å². The van der Waals surface area contributed by atoms with Crippen LogP contribution in [-0.2, 0) is 24.2 Å². The number of anilines is 1. The summed E-state index contributed by atoms with van der Waals surface area (Å²) < 4.78 is 12.4. The van der Waals surface area contributed by atoms with Crippen molar-refractivity contribution < 1.29 is 9.15 Å². The molecule has 0 atom stereocenters. The molecule has 31 heavy (non-hydrogen) atoms. The van der Waals surface area contributed by atoms with E-state index >= 15 is 0 Å². The van der Waals surface area contributed by atoms with Gasteiger partial charge in [-0.1, -0.05) is 27.2 Å². The summed E-state index contributed by atoms with van der Waals surface area (Å²) >= 11 is 0. The predicted octanol–water partition coefficient (Wildman–Crippen LogP) is 4.72. The normalized spacial score (nSPS) is 15.7. The molecule has 0 bridgehead atoms. The van der Waals surface area contributed by atoms with Crippen LogP contribution < -0.4 is 5.32 Å². The van der Waals surface area contributed by atoms with Crippen LogP contribution in [0.25, 0.3) is 22.2 Å². The smallest absolute Gasteiger partial charge is 0.229 e. The lowest BCUT2D eigenvalue weighted by atomic mass is 9.88. The van der Waals surface area contributed by atoms with Gasteiger partial charge in [-0.2, -0.15) is 0 Å². The van der Waals surface area contributed by atoms with Crippen LogP contribution in [0.1, 0.15) is 64.3 Å². The number of rotatable bonds is 9. The lowest BCUT2D eigenvalue weighted by Gasteiger charge is -2.33. The summed E-state index contributed by atoms with van der Waals surface area (Å²) in [5.41, 5.74) is 5.57. The Hall–Kier alpha value is -2.25. The molecule has 3 aromatic heterocycles. The second kappa shape index (κ2) is 9.09. The van der Waals surface area contributed by atoms with Crippen molar-refractivity contribution >= 4 is 28.0 Å². The molecule has 4 heterocycles. The first-order valence-electron chi connectivity index (χ1n) is 11.6. The van der Waals surface area contributed by atoms with Gasteiger partial charge in [0.05, 0.1) is 23.3 Å². The third-order valence-electron chi connectivity index (χ3n) is 6.24. The molecule has 4 rings (SSSR count). The van der Waals surface area contributed by atoms with Crippen molar-refractivity contribution in [3.8, 4) is 0 Å². The van der Waals surface area contributed by atoms with Gasteiger partial charge < -0.3 is 19.4 Å². The molecule has 1 aliphatic rings. The van der Waals surface area contributed by atoms with Crippen LogP contribution in [0.4, 0.5) is 5.82 Å². The highest BCUT2D eigenvalue weighted by Crippen LogP contribution is 2.39. The van der Waals surface area contributed by atoms with Crippen LogP contribution in [0.2, 0.25) is 0 Å². The van der Waals surface area contributed by atoms with Crippen molar-refractivity contribution in [3.63, 3.8) is 0 Å². The molecule has 7 nitrogen and oxygen atoms in total. The van der Waals surface area contributed by atoms with Gasteiger partial charge >= 0.3 is 0 Å². The van der Waals surface area contributed by atoms with E-state index in [9.17, 15) is 0 Å². The summed E-state index contributed by atoms with van der Waals surface area (Å²) in [7, 11) is 0. The Kier molecular flexibility index (Phi) is 6.44. The summed E-state index contributed by atoms with van der Waals surface area (Å²) in [6, 6.07) is 0. The molecule has 0 saturated heterocycles. The monoisotopic (exact) mass is 425 g/mol. The Labute approximate surface area is 184 Å². The van der Waals surface area contributed by atoms with E-state index in [1.807, 2.05) is 0 Å². The fourth-order valence-electron chi connectivity index (χ4n) is 4.49. The number of fused-ring (bicyclic) bond motifs is 5. The van der Waals surface area contributed by atoms with Gasteiger partial charge in [0.2, 0.25) is 5.71 Å². The van der Waals surface area contributed by atoms with Crippen LogP contribution in [0.15, 0.2) is 10.7 Å². The van der Waals surface area contributed by atoms with E-state index in [-0.39, 0.29) is 5.60 Å². The van der Waals surface area contributed by atoms with Crippen molar-refractivity contribution in [2.45, 2.75) is 72.5 Å². The highest BCUT2D eigenvalue weighted by molar-refractivity contribution is 6.06. The number of furan rings is 1. The Bertz CT molecular complexity index is 1060. The molecular weight excluding hydrogens is 390 g/mol. The summed E-state index contributed by atoms with van der Waals surface area (Å²) in [5, 5.41) is 4.49. The third kappa shape index (κ3) is 4.39. The molecule has 1 aliphatic heterocycles. The van der Waals surface area contributed by atoms with Crippen LogP contribution in [-0.4, -0.2) is 51.6 Å². The largest absolute Gasteiger partial charge is 0.432 e. The van der Waals surface area contributed by atoms with Gasteiger partial charge in [-0.3, -0.25) is 0 Å². The summed E-state index contributed by atoms with van der Waals surface area (Å²) in [6.45, 7) is 15.5. The Morgan fingerprint density at radius 3 is 2.68 bits per heavy atom. The van der Waals surface area contributed by atoms with E-state index in [4.69, 9.17) is 14.1 Å². The molecule has 0 amide bonds. The average molecular weight is 426 g/mol. The number of aromatic nitrogens is 3. The predicted molar refractivity (Wildman–Crippen MR) is 125 cm³/mol. The van der Waals surface area contributed by atoms with E-state index in [1.165, 1.54) is 11.1 Å². The van der Waals surface area contributed by atoms with Crippen molar-refractivity contribution in [3.05, 3.63) is 23.1 Å². The van der Waals surface area contributed by atoms with Gasteiger partial charge in [0.25, 0.3) is 0 Å². The number of aryl methyl sites for hydroxylation is 1. The quantitative estimate of drug-likeness (QED) is 0.497. The van der Waals surface area contributed by atoms with Crippen LogP contribution in [0.3, 0.4) is 0 Å². The molecule has 0 saturated carbocycles. The van der Waals surface area contributed by atoms with Crippen molar-refractivity contribution in [2.24, 2.45) is 0 Å². The van der Waals surface area contributed by atoms with Gasteiger partial charge in [0.1, 0.15) is 11.8 Å². The number of nitrogens with zero attached hydrogens (tertiary/aromatic N) is 4. The van der Waals surface area contributed by atoms with Gasteiger partial charge in [0.15, 0.2) is 11.4 Å². The first-order valence-corrected chi connectivity index (χ1v) is 11.6. The number of hydrogen-bond donors (Lipinski definition) is 1. The van der Waals surface area contributed by atoms with Crippen LogP contribution in [0.5, 0.6) is 0 Å². The zero-order valence-corrected chi connectivity index (χ0v) is 19.5. The molecule has 7 heteroatoms. The molecule has 1 N–H and O–H groups in total. The maximum absolute atomic E-state index is 6.28. The number of ether oxygens (including phenoxy) is 1. The molecule has 0 aromatic carbocycles. The van der Waals surface area contributed by atoms with Crippen LogP contribution >= 0.6 is 0 Å². The minimum atomic E-state index is -0.215. The fraction of sp³-hybridized carbons (Fsp3) is 0.625. The van der Waals surface area contributed by atoms with E-state index in [0.29, 0.717) is 17.9 Å². The van der Waals surface area contributed by atoms with E-state index in [1.54, 1.807) is 6.33 Å². The zero-order chi connectivity index (χ0) is 22.0. The second-order valence-corrected chi connectivity index (χ2v) is 8.98. The third-order valence-corrected chi connectivity index (χ3v) is 6.24. The number of pyridine rings is 1. The first-order chi connectivity index (χ1) is 15.0. The summed E-state index contributed by atoms with van der Waals surface area (Å²) in [4.78, 5) is 16.4. The minimum Gasteiger partial charge on any atom is -0.432 e. The zero-order valence-electron chi connectivity index (χ0n) is 19.5. The molecule has 0 spiro atoms. The fourth-order valence-corrected chi connectivity index (χ4v) is 4.49. The second-order valence-electron chi connectivity index (χ2n) is 8.98. The Morgan fingerprint density at radius 1 is 1.13 bits per heavy atom. The molecule has 0 radical (unpaired) electrons. The van der Waals surface area contributed by atoms with Gasteiger partial charge in [-0.15, -0.1) is 0 Å². The SMILES string of the molecule is CCCc1nc2oc3c(NCCCN(CC)CC)ncnc3c2c2c1COC(C)(C)C2. The Morgan fingerprint density at radius 2 is 1.94 bits per heavy atom. The number of hydrogen-bond acceptors (Lipinski definition) is 7. The van der Waals surface area contributed by atoms with Gasteiger partial charge in [0, 0.05) is 18.5 Å². The maximum atomic E-state index is 6.28. The highest BCUT2D eigenvalue weighted by atomic mass is 16.5. The van der Waals surface area contributed by atoms with Crippen LogP contribution in [0, 0.1) is 0 Å². The van der Waals surface area contributed by atoms with E-state index in [2.05, 4.69) is 54.8 Å². The van der Waals surface area contributed by atoms with Crippen molar-refractivity contribution in [1.82, 2.24) is 19.9 Å². The van der Waals surface area contributed by atoms with E-state index < -0.39 is 0 Å². The lowest BCUT2D eigenvalue weighted by Crippen LogP contribution is -2.32. The molecule has 0 aliphatic carbocycles. The summed E-state index contributed by atoms with van der Waals surface area (Å²) in [5.74, 6) is 0.750. The van der Waals surface area contributed by atoms with Gasteiger partial charge in [-0.05, 0) is 51.9 Å². The Balaban J connectivity index is 1.71. The average Bonchev–Trinajstić information content (AvgIpc) is 3.12. The lowest BCUT2D eigenvalue weighted by molar-refractivity contribution is -0.0401. The van der Waals surface area contributed by atoms with Crippen molar-refractivity contribution in [1.29, 1.82) is 0 Å². The van der Waals surface area contributed by atoms with Gasteiger partial charge in [-0.25, -0.2) is 15.0 Å². The first kappa shape index (κ1) is 22.0. The number of nitrogens with one attached hydrogen (secondary N) is 1. The summed E-state index contributed by atoms with van der Waals surface area (Å²) in [6.07, 6.45) is 5.45.